The molecule has 186 valence electrons. The Morgan fingerprint density at radius 2 is 1.97 bits per heavy atom. The zero-order chi connectivity index (χ0) is 25.2. The molecule has 0 radical (unpaired) electrons. The summed E-state index contributed by atoms with van der Waals surface area (Å²) >= 11 is 0.793. The van der Waals surface area contributed by atoms with E-state index in [1.165, 1.54) is 25.0 Å². The lowest BCUT2D eigenvalue weighted by Gasteiger charge is -2.29. The molecule has 0 unspecified atom stereocenters. The fraction of sp³-hybridized carbons (Fsp3) is 0.550. The van der Waals surface area contributed by atoms with Gasteiger partial charge in [0.05, 0.1) is 26.4 Å². The number of likely N-dealkylation sites (N-methyl/N-ethyl adjacent to an activating group) is 1. The first-order valence-electron chi connectivity index (χ1n) is 10.2. The molecule has 13 nitrogen and oxygen atoms in total. The zero-order valence-corrected chi connectivity index (χ0v) is 20.1. The maximum absolute atomic E-state index is 12.4. The molecule has 1 fully saturated rings. The van der Waals surface area contributed by atoms with Gasteiger partial charge in [-0.25, -0.2) is 19.4 Å². The van der Waals surface area contributed by atoms with Crippen molar-refractivity contribution in [2.24, 2.45) is 4.99 Å². The van der Waals surface area contributed by atoms with Crippen LogP contribution in [-0.2, 0) is 28.5 Å². The number of esters is 2. The molecule has 2 aliphatic heterocycles. The predicted molar refractivity (Wildman–Crippen MR) is 120 cm³/mol. The van der Waals surface area contributed by atoms with Gasteiger partial charge in [0.2, 0.25) is 0 Å². The first-order chi connectivity index (χ1) is 16.1. The van der Waals surface area contributed by atoms with Crippen molar-refractivity contribution in [1.82, 2.24) is 14.5 Å². The number of aliphatic imine (C=N–C) groups is 1. The number of nitrogens with zero attached hydrogens (tertiary/aromatic N) is 3. The van der Waals surface area contributed by atoms with E-state index in [4.69, 9.17) is 18.9 Å². The third-order valence-electron chi connectivity index (χ3n) is 5.25. The Kier molecular flexibility index (Phi) is 7.97. The number of hydrogen-bond donors (Lipinski definition) is 2. The topological polar surface area (TPSA) is 162 Å². The summed E-state index contributed by atoms with van der Waals surface area (Å²) in [5.41, 5.74) is -0.839. The molecule has 4 atom stereocenters. The number of aromatic nitrogens is 2. The van der Waals surface area contributed by atoms with Gasteiger partial charge in [-0.3, -0.25) is 19.2 Å². The molecule has 1 aromatic heterocycles. The molecule has 1 saturated heterocycles. The second-order valence-corrected chi connectivity index (χ2v) is 8.70. The van der Waals surface area contributed by atoms with Crippen LogP contribution in [0, 0.1) is 6.92 Å². The number of methoxy groups -OCH3 is 2. The molecule has 2 aliphatic rings. The smallest absolute Gasteiger partial charge is 0.345 e. The molecule has 0 aliphatic carbocycles. The Morgan fingerprint density at radius 3 is 2.56 bits per heavy atom. The molecule has 0 saturated carbocycles. The molecule has 0 amide bonds. The number of ether oxygens (including phenoxy) is 4. The summed E-state index contributed by atoms with van der Waals surface area (Å²) in [7, 11) is 5.70. The van der Waals surface area contributed by atoms with E-state index < -0.39 is 54.4 Å². The van der Waals surface area contributed by atoms with Gasteiger partial charge in [-0.2, -0.15) is 0 Å². The average Bonchev–Trinajstić information content (AvgIpc) is 3.22. The van der Waals surface area contributed by atoms with Gasteiger partial charge in [0.1, 0.15) is 29.5 Å². The van der Waals surface area contributed by atoms with Crippen molar-refractivity contribution in [2.45, 2.75) is 37.9 Å². The van der Waals surface area contributed by atoms with E-state index in [9.17, 15) is 24.3 Å². The van der Waals surface area contributed by atoms with Gasteiger partial charge >= 0.3 is 17.6 Å². The van der Waals surface area contributed by atoms with Gasteiger partial charge in [0, 0.05) is 18.2 Å². The van der Waals surface area contributed by atoms with Crippen molar-refractivity contribution in [2.75, 3.05) is 34.9 Å². The van der Waals surface area contributed by atoms with Crippen LogP contribution >= 0.6 is 11.8 Å². The van der Waals surface area contributed by atoms with Crippen LogP contribution in [0.25, 0.3) is 0 Å². The number of aliphatic hydroxyl groups is 1. The van der Waals surface area contributed by atoms with Crippen LogP contribution in [0.1, 0.15) is 18.2 Å². The van der Waals surface area contributed by atoms with Crippen molar-refractivity contribution >= 4 is 28.9 Å². The van der Waals surface area contributed by atoms with Crippen molar-refractivity contribution in [3.05, 3.63) is 43.1 Å². The van der Waals surface area contributed by atoms with E-state index in [1.54, 1.807) is 25.9 Å². The Labute approximate surface area is 198 Å². The minimum atomic E-state index is -0.895. The summed E-state index contributed by atoms with van der Waals surface area (Å²) in [6, 6.07) is 0. The fourth-order valence-electron chi connectivity index (χ4n) is 3.52. The summed E-state index contributed by atoms with van der Waals surface area (Å²) in [5, 5.41) is 9.86. The van der Waals surface area contributed by atoms with E-state index in [0.29, 0.717) is 5.56 Å². The Morgan fingerprint density at radius 1 is 1.29 bits per heavy atom. The van der Waals surface area contributed by atoms with E-state index in [0.717, 1.165) is 11.8 Å². The van der Waals surface area contributed by atoms with Crippen molar-refractivity contribution in [3.8, 4) is 0 Å². The van der Waals surface area contributed by atoms with E-state index >= 15 is 0 Å². The van der Waals surface area contributed by atoms with E-state index in [-0.39, 0.29) is 22.1 Å². The summed E-state index contributed by atoms with van der Waals surface area (Å²) in [6.45, 7) is 1.13. The Balaban J connectivity index is 1.90. The molecule has 34 heavy (non-hydrogen) atoms. The Bertz CT molecular complexity index is 1140. The minimum absolute atomic E-state index is 0.00576. The number of aryl methyl sites for hydroxylation is 1. The molecule has 3 heterocycles. The third-order valence-corrected chi connectivity index (χ3v) is 6.22. The van der Waals surface area contributed by atoms with Gasteiger partial charge in [-0.15, -0.1) is 0 Å². The maximum atomic E-state index is 12.4. The molecular formula is C20H26N4O9S. The van der Waals surface area contributed by atoms with Crippen LogP contribution < -0.4 is 11.2 Å². The van der Waals surface area contributed by atoms with Crippen LogP contribution in [-0.4, -0.2) is 90.0 Å². The normalized spacial score (nSPS) is 24.7. The second-order valence-electron chi connectivity index (χ2n) is 7.74. The molecule has 0 aromatic carbocycles. The molecular weight excluding hydrogens is 472 g/mol. The number of nitrogens with one attached hydrogen (secondary N) is 1. The van der Waals surface area contributed by atoms with Crippen LogP contribution in [0.4, 0.5) is 0 Å². The number of carbonyl (C=O) groups excluding carboxylic acids is 2. The van der Waals surface area contributed by atoms with Crippen molar-refractivity contribution in [1.29, 1.82) is 0 Å². The average molecular weight is 499 g/mol. The van der Waals surface area contributed by atoms with Gasteiger partial charge in [0.25, 0.3) is 10.8 Å². The molecule has 3 rings (SSSR count). The van der Waals surface area contributed by atoms with E-state index in [2.05, 4.69) is 9.98 Å². The van der Waals surface area contributed by atoms with Crippen LogP contribution in [0.15, 0.2) is 31.3 Å². The summed E-state index contributed by atoms with van der Waals surface area (Å²) in [4.78, 5) is 57.0. The quantitative estimate of drug-likeness (QED) is 0.468. The maximum Gasteiger partial charge on any atom is 0.345 e. The van der Waals surface area contributed by atoms with Crippen molar-refractivity contribution in [3.63, 3.8) is 0 Å². The number of aliphatic hydroxyl groups excluding tert-OH is 1. The molecule has 14 heteroatoms. The highest BCUT2D eigenvalue weighted by atomic mass is 32.2. The van der Waals surface area contributed by atoms with Gasteiger partial charge in [-0.1, -0.05) is 0 Å². The number of aromatic amines is 1. The number of hydrogen-bond acceptors (Lipinski definition) is 12. The van der Waals surface area contributed by atoms with Crippen molar-refractivity contribution < 1.29 is 33.6 Å². The zero-order valence-electron chi connectivity index (χ0n) is 19.3. The van der Waals surface area contributed by atoms with Crippen LogP contribution in [0.5, 0.6) is 0 Å². The van der Waals surface area contributed by atoms with Gasteiger partial charge in [-0.05, 0) is 32.8 Å². The highest BCUT2D eigenvalue weighted by Crippen LogP contribution is 2.36. The lowest BCUT2D eigenvalue weighted by Crippen LogP contribution is -2.38. The number of rotatable bonds is 6. The van der Waals surface area contributed by atoms with Gasteiger partial charge < -0.3 is 24.1 Å². The monoisotopic (exact) mass is 498 g/mol. The minimum Gasteiger partial charge on any atom is -0.466 e. The van der Waals surface area contributed by atoms with Crippen LogP contribution in [0.2, 0.25) is 0 Å². The summed E-state index contributed by atoms with van der Waals surface area (Å²) in [5.74, 6) is -1.50. The predicted octanol–water partition coefficient (Wildman–Crippen LogP) is -0.899. The van der Waals surface area contributed by atoms with Crippen LogP contribution in [0.3, 0.4) is 0 Å². The molecule has 2 N–H and O–H groups in total. The lowest BCUT2D eigenvalue weighted by atomic mass is 10.1. The number of H-pyrrole nitrogens is 1. The summed E-state index contributed by atoms with van der Waals surface area (Å²) in [6.07, 6.45) is -1.76. The molecule has 0 bridgehead atoms. The third kappa shape index (κ3) is 5.09. The molecule has 1 aromatic rings. The Hall–Kier alpha value is -2.94. The van der Waals surface area contributed by atoms with E-state index in [1.807, 2.05) is 0 Å². The number of thioether (sulfide) groups is 1. The van der Waals surface area contributed by atoms with Gasteiger partial charge in [0.15, 0.2) is 0 Å². The largest absolute Gasteiger partial charge is 0.466 e. The molecule has 0 spiro atoms. The first-order valence-corrected chi connectivity index (χ1v) is 11.0. The first kappa shape index (κ1) is 25.7. The lowest BCUT2D eigenvalue weighted by molar-refractivity contribution is -0.139. The summed E-state index contributed by atoms with van der Waals surface area (Å²) < 4.78 is 22.6. The number of carbonyl (C=O) groups is 2. The standard InChI is InChI=1S/C20H26N4O9S/c1-9-7-24(19(29)22-16(9)26)12-6-10(11(8-25)32-12)33-20-21-15(23(2)3)13(17(27)30-4)14(34-20)18(28)31-5/h7,10-12,15,25H,6,8H2,1-5H3,(H,22,26,29)/t10-,11+,12+,15+/m0/s1. The fourth-order valence-corrected chi connectivity index (χ4v) is 4.48. The SMILES string of the molecule is COC(=O)C1=C(C(=O)OC)[C@@H](N(C)C)N=C(O[C@H]2C[C@H](n3cc(C)c(=O)[nH]c3=O)O[C@@H]2CO)S1. The highest BCUT2D eigenvalue weighted by molar-refractivity contribution is 8.17. The highest BCUT2D eigenvalue weighted by Gasteiger charge is 2.42. The second kappa shape index (κ2) is 10.5.